The second-order valence-corrected chi connectivity index (χ2v) is 3.66. The molecule has 0 aliphatic carbocycles. The molecule has 0 unspecified atom stereocenters. The first kappa shape index (κ1) is 16.9. The zero-order valence-corrected chi connectivity index (χ0v) is 9.95. The molecule has 3 N–H and O–H groups in total. The Morgan fingerprint density at radius 1 is 1.17 bits per heavy atom. The van der Waals surface area contributed by atoms with Crippen LogP contribution in [0, 0.1) is 6.92 Å². The number of aromatic hydroxyl groups is 1. The summed E-state index contributed by atoms with van der Waals surface area (Å²) in [4.78, 5) is 0. The van der Waals surface area contributed by atoms with Crippen molar-refractivity contribution in [1.29, 1.82) is 0 Å². The van der Waals surface area contributed by atoms with Gasteiger partial charge in [0.1, 0.15) is 11.8 Å². The van der Waals surface area contributed by atoms with Crippen molar-refractivity contribution < 1.29 is 27.1 Å². The van der Waals surface area contributed by atoms with Gasteiger partial charge in [0, 0.05) is 5.56 Å². The van der Waals surface area contributed by atoms with Crippen molar-refractivity contribution in [2.75, 3.05) is 0 Å². The molecule has 1 rings (SSSR count). The van der Waals surface area contributed by atoms with E-state index in [1.165, 1.54) is 13.0 Å². The van der Waals surface area contributed by atoms with Crippen LogP contribution in [-0.4, -0.2) is 17.2 Å². The Morgan fingerprint density at radius 2 is 1.67 bits per heavy atom. The Morgan fingerprint density at radius 3 is 2.11 bits per heavy atom. The molecule has 0 saturated heterocycles. The van der Waals surface area contributed by atoms with Crippen molar-refractivity contribution in [3.63, 3.8) is 0 Å². The van der Waals surface area contributed by atoms with Crippen molar-refractivity contribution in [3.05, 3.63) is 29.3 Å². The van der Waals surface area contributed by atoms with E-state index in [0.717, 1.165) is 12.1 Å². The van der Waals surface area contributed by atoms with Crippen LogP contribution < -0.4 is 5.73 Å². The van der Waals surface area contributed by atoms with Crippen molar-refractivity contribution in [2.45, 2.75) is 25.1 Å². The molecule has 0 radical (unpaired) electrons. The summed E-state index contributed by atoms with van der Waals surface area (Å²) in [5.74, 6) is -5.79. The highest BCUT2D eigenvalue weighted by Gasteiger charge is 2.62. The summed E-state index contributed by atoms with van der Waals surface area (Å²) < 4.78 is 62.2. The second kappa shape index (κ2) is 5.27. The minimum Gasteiger partial charge on any atom is -0.508 e. The highest BCUT2D eigenvalue weighted by Crippen LogP contribution is 2.45. The second-order valence-electron chi connectivity index (χ2n) is 3.66. The predicted molar refractivity (Wildman–Crippen MR) is 58.0 cm³/mol. The van der Waals surface area contributed by atoms with Crippen LogP contribution in [0.4, 0.5) is 22.0 Å². The molecule has 1 aromatic rings. The molecule has 0 amide bonds. The number of hydrogen-bond donors (Lipinski definition) is 2. The lowest BCUT2D eigenvalue weighted by molar-refractivity contribution is -0.291. The van der Waals surface area contributed by atoms with E-state index in [1.807, 2.05) is 0 Å². The van der Waals surface area contributed by atoms with Crippen molar-refractivity contribution >= 4 is 12.4 Å². The van der Waals surface area contributed by atoms with Gasteiger partial charge in [-0.05, 0) is 13.0 Å². The van der Waals surface area contributed by atoms with Gasteiger partial charge in [0.25, 0.3) is 0 Å². The van der Waals surface area contributed by atoms with Crippen LogP contribution in [-0.2, 0) is 0 Å². The summed E-state index contributed by atoms with van der Waals surface area (Å²) in [6, 6.07) is 0.760. The SMILES string of the molecule is Cc1ccc(O)c([C@H](N)C(F)(F)C(F)(F)F)c1.Cl. The summed E-state index contributed by atoms with van der Waals surface area (Å²) >= 11 is 0. The molecule has 0 bridgehead atoms. The molecule has 0 aliphatic heterocycles. The summed E-state index contributed by atoms with van der Waals surface area (Å²) in [6.45, 7) is 1.49. The Labute approximate surface area is 106 Å². The van der Waals surface area contributed by atoms with Crippen LogP contribution in [0.1, 0.15) is 17.2 Å². The van der Waals surface area contributed by atoms with Gasteiger partial charge < -0.3 is 10.8 Å². The third-order valence-corrected chi connectivity index (χ3v) is 2.29. The number of hydrogen-bond acceptors (Lipinski definition) is 2. The van der Waals surface area contributed by atoms with Gasteiger partial charge in [0.05, 0.1) is 0 Å². The van der Waals surface area contributed by atoms with Crippen LogP contribution in [0.15, 0.2) is 18.2 Å². The molecule has 1 atom stereocenters. The minimum absolute atomic E-state index is 0. The van der Waals surface area contributed by atoms with Crippen molar-refractivity contribution in [3.8, 4) is 5.75 Å². The van der Waals surface area contributed by atoms with E-state index < -0.39 is 29.5 Å². The predicted octanol–water partition coefficient (Wildman–Crippen LogP) is 3.32. The average Bonchev–Trinajstić information content (AvgIpc) is 2.19. The minimum atomic E-state index is -5.76. The van der Waals surface area contributed by atoms with E-state index in [9.17, 15) is 27.1 Å². The van der Waals surface area contributed by atoms with E-state index in [2.05, 4.69) is 0 Å². The molecule has 0 spiro atoms. The van der Waals surface area contributed by atoms with Crippen LogP contribution in [0.2, 0.25) is 0 Å². The molecule has 8 heteroatoms. The van der Waals surface area contributed by atoms with Gasteiger partial charge in [-0.3, -0.25) is 0 Å². The molecule has 104 valence electrons. The molecule has 0 aromatic heterocycles. The third-order valence-electron chi connectivity index (χ3n) is 2.29. The van der Waals surface area contributed by atoms with E-state index in [1.54, 1.807) is 0 Å². The zero-order chi connectivity index (χ0) is 13.4. The molecule has 0 aliphatic rings. The topological polar surface area (TPSA) is 46.2 Å². The van der Waals surface area contributed by atoms with Crippen molar-refractivity contribution in [2.24, 2.45) is 5.73 Å². The first-order valence-electron chi connectivity index (χ1n) is 4.57. The lowest BCUT2D eigenvalue weighted by atomic mass is 9.98. The molecule has 0 saturated carbocycles. The Bertz CT molecular complexity index is 421. The van der Waals surface area contributed by atoms with E-state index in [4.69, 9.17) is 5.73 Å². The fourth-order valence-electron chi connectivity index (χ4n) is 1.29. The Hall–Kier alpha value is -1.08. The smallest absolute Gasteiger partial charge is 0.455 e. The number of benzene rings is 1. The zero-order valence-electron chi connectivity index (χ0n) is 9.13. The van der Waals surface area contributed by atoms with E-state index in [0.29, 0.717) is 5.56 Å². The maximum absolute atomic E-state index is 13.0. The summed E-state index contributed by atoms with van der Waals surface area (Å²) in [6.07, 6.45) is -5.76. The Kier molecular flexibility index (Phi) is 4.96. The number of alkyl halides is 5. The molecule has 2 nitrogen and oxygen atoms in total. The number of aryl methyl sites for hydroxylation is 1. The maximum atomic E-state index is 13.0. The number of halogens is 6. The van der Waals surface area contributed by atoms with E-state index in [-0.39, 0.29) is 12.4 Å². The number of rotatable bonds is 2. The van der Waals surface area contributed by atoms with E-state index >= 15 is 0 Å². The summed E-state index contributed by atoms with van der Waals surface area (Å²) in [5, 5.41) is 9.25. The van der Waals surface area contributed by atoms with Gasteiger partial charge in [-0.1, -0.05) is 17.7 Å². The highest BCUT2D eigenvalue weighted by molar-refractivity contribution is 5.85. The Balaban J connectivity index is 0.00000289. The third kappa shape index (κ3) is 3.02. The van der Waals surface area contributed by atoms with Crippen molar-refractivity contribution in [1.82, 2.24) is 0 Å². The molecule has 0 fully saturated rings. The molecule has 0 heterocycles. The highest BCUT2D eigenvalue weighted by atomic mass is 35.5. The molecule has 18 heavy (non-hydrogen) atoms. The molecular formula is C10H11ClF5NO. The largest absolute Gasteiger partial charge is 0.508 e. The number of nitrogens with two attached hydrogens (primary N) is 1. The summed E-state index contributed by atoms with van der Waals surface area (Å²) in [7, 11) is 0. The van der Waals surface area contributed by atoms with Gasteiger partial charge in [0.2, 0.25) is 0 Å². The monoisotopic (exact) mass is 291 g/mol. The van der Waals surface area contributed by atoms with Crippen LogP contribution in [0.3, 0.4) is 0 Å². The van der Waals surface area contributed by atoms with Gasteiger partial charge in [0.15, 0.2) is 0 Å². The van der Waals surface area contributed by atoms with Gasteiger partial charge in [-0.2, -0.15) is 22.0 Å². The normalized spacial score (nSPS) is 13.9. The fraction of sp³-hybridized carbons (Fsp3) is 0.400. The maximum Gasteiger partial charge on any atom is 0.455 e. The first-order valence-corrected chi connectivity index (χ1v) is 4.57. The summed E-state index contributed by atoms with van der Waals surface area (Å²) in [5.41, 5.74) is 4.69. The average molecular weight is 292 g/mol. The lowest BCUT2D eigenvalue weighted by Gasteiger charge is -2.26. The van der Waals surface area contributed by atoms with Crippen LogP contribution in [0.5, 0.6) is 5.75 Å². The standard InChI is InChI=1S/C10H10F5NO.ClH/c1-5-2-3-7(17)6(4-5)8(16)9(11,12)10(13,14)15;/h2-4,8,17H,16H2,1H3;1H/t8-;/m0./s1. The number of phenolic OH excluding ortho intramolecular Hbond substituents is 1. The fourth-order valence-corrected chi connectivity index (χ4v) is 1.29. The molecule has 1 aromatic carbocycles. The quantitative estimate of drug-likeness (QED) is 0.821. The van der Waals surface area contributed by atoms with Gasteiger partial charge >= 0.3 is 12.1 Å². The van der Waals surface area contributed by atoms with Crippen LogP contribution >= 0.6 is 12.4 Å². The lowest BCUT2D eigenvalue weighted by Crippen LogP contribution is -2.45. The van der Waals surface area contributed by atoms with Gasteiger partial charge in [-0.25, -0.2) is 0 Å². The molecular weight excluding hydrogens is 281 g/mol. The van der Waals surface area contributed by atoms with Crippen LogP contribution in [0.25, 0.3) is 0 Å². The van der Waals surface area contributed by atoms with Gasteiger partial charge in [-0.15, -0.1) is 12.4 Å². The number of phenols is 1. The first-order chi connectivity index (χ1) is 7.57.